The minimum atomic E-state index is -0.133. The summed E-state index contributed by atoms with van der Waals surface area (Å²) in [5.74, 6) is 0.0877. The molecular weight excluding hydrogens is 288 g/mol. The molecule has 0 radical (unpaired) electrons. The monoisotopic (exact) mass is 306 g/mol. The Bertz CT molecular complexity index is 557. The Morgan fingerprint density at radius 1 is 1.57 bits per heavy atom. The number of amides is 1. The van der Waals surface area contributed by atoms with Crippen LogP contribution in [0.4, 0.5) is 0 Å². The van der Waals surface area contributed by atoms with Crippen molar-refractivity contribution in [3.05, 3.63) is 47.5 Å². The molecule has 2 rings (SSSR count). The number of carbonyl (C=O) groups excluding carboxylic acids is 1. The van der Waals surface area contributed by atoms with Gasteiger partial charge < -0.3 is 9.74 Å². The quantitative estimate of drug-likeness (QED) is 0.757. The van der Waals surface area contributed by atoms with Gasteiger partial charge >= 0.3 is 0 Å². The molecular formula is C16H19ClN2O2. The molecule has 0 unspecified atom stereocenters. The number of hydrogen-bond acceptors (Lipinski definition) is 3. The number of rotatable bonds is 6. The van der Waals surface area contributed by atoms with Crippen molar-refractivity contribution in [2.75, 3.05) is 13.1 Å². The highest BCUT2D eigenvalue weighted by atomic mass is 35.5. The fourth-order valence-electron chi connectivity index (χ4n) is 2.28. The van der Waals surface area contributed by atoms with Crippen molar-refractivity contribution in [3.63, 3.8) is 0 Å². The van der Waals surface area contributed by atoms with Gasteiger partial charge in [-0.15, -0.1) is 6.58 Å². The van der Waals surface area contributed by atoms with Crippen LogP contribution in [-0.4, -0.2) is 35.7 Å². The van der Waals surface area contributed by atoms with Gasteiger partial charge in [-0.3, -0.25) is 4.79 Å². The predicted octanol–water partition coefficient (Wildman–Crippen LogP) is 3.26. The standard InChI is InChI=1S/C16H19ClN2O2/c1-3-9-19(16(20)4-2)11-12-10-15(18-21-12)13-7-5-6-8-14(13)17/h3,5-8,12H,1,4,9-11H2,2H3/t12-/m0/s1. The van der Waals surface area contributed by atoms with Crippen molar-refractivity contribution in [2.24, 2.45) is 5.16 Å². The summed E-state index contributed by atoms with van der Waals surface area (Å²) in [6, 6.07) is 7.55. The van der Waals surface area contributed by atoms with E-state index in [0.717, 1.165) is 11.3 Å². The molecule has 5 heteroatoms. The summed E-state index contributed by atoms with van der Waals surface area (Å²) in [5.41, 5.74) is 1.71. The molecule has 112 valence electrons. The van der Waals surface area contributed by atoms with E-state index in [1.807, 2.05) is 31.2 Å². The molecule has 1 aromatic carbocycles. The van der Waals surface area contributed by atoms with Gasteiger partial charge in [-0.25, -0.2) is 0 Å². The maximum absolute atomic E-state index is 11.9. The van der Waals surface area contributed by atoms with Crippen molar-refractivity contribution < 1.29 is 9.63 Å². The van der Waals surface area contributed by atoms with Crippen LogP contribution in [0.15, 0.2) is 42.1 Å². The minimum Gasteiger partial charge on any atom is -0.390 e. The minimum absolute atomic E-state index is 0.0877. The van der Waals surface area contributed by atoms with Crippen molar-refractivity contribution >= 4 is 23.2 Å². The highest BCUT2D eigenvalue weighted by Crippen LogP contribution is 2.23. The lowest BCUT2D eigenvalue weighted by Gasteiger charge is -2.22. The van der Waals surface area contributed by atoms with E-state index in [0.29, 0.717) is 31.0 Å². The van der Waals surface area contributed by atoms with Crippen LogP contribution >= 0.6 is 11.6 Å². The number of nitrogens with zero attached hydrogens (tertiary/aromatic N) is 2. The fourth-order valence-corrected chi connectivity index (χ4v) is 2.53. The van der Waals surface area contributed by atoms with E-state index in [1.165, 1.54) is 0 Å². The topological polar surface area (TPSA) is 41.9 Å². The molecule has 0 fully saturated rings. The second-order valence-electron chi connectivity index (χ2n) is 4.89. The van der Waals surface area contributed by atoms with Gasteiger partial charge in [-0.1, -0.05) is 48.0 Å². The van der Waals surface area contributed by atoms with Gasteiger partial charge in [0.15, 0.2) is 6.10 Å². The summed E-state index contributed by atoms with van der Waals surface area (Å²) in [7, 11) is 0. The van der Waals surface area contributed by atoms with E-state index < -0.39 is 0 Å². The Hall–Kier alpha value is -1.81. The van der Waals surface area contributed by atoms with Crippen LogP contribution in [0.2, 0.25) is 5.02 Å². The Morgan fingerprint density at radius 3 is 3.00 bits per heavy atom. The van der Waals surface area contributed by atoms with Gasteiger partial charge in [0, 0.05) is 30.0 Å². The Morgan fingerprint density at radius 2 is 2.33 bits per heavy atom. The number of carbonyl (C=O) groups is 1. The molecule has 1 heterocycles. The Kier molecular flexibility index (Phi) is 5.39. The van der Waals surface area contributed by atoms with E-state index in [4.69, 9.17) is 16.4 Å². The zero-order chi connectivity index (χ0) is 15.2. The van der Waals surface area contributed by atoms with Crippen LogP contribution in [0.5, 0.6) is 0 Å². The van der Waals surface area contributed by atoms with Crippen LogP contribution < -0.4 is 0 Å². The summed E-state index contributed by atoms with van der Waals surface area (Å²) < 4.78 is 0. The normalized spacial score (nSPS) is 17.0. The Labute approximate surface area is 130 Å². The second kappa shape index (κ2) is 7.27. The molecule has 21 heavy (non-hydrogen) atoms. The summed E-state index contributed by atoms with van der Waals surface area (Å²) in [4.78, 5) is 19.0. The second-order valence-corrected chi connectivity index (χ2v) is 5.30. The molecule has 0 aliphatic carbocycles. The van der Waals surface area contributed by atoms with Gasteiger partial charge in [-0.2, -0.15) is 0 Å². The molecule has 1 atom stereocenters. The van der Waals surface area contributed by atoms with Crippen LogP contribution in [0.25, 0.3) is 0 Å². The van der Waals surface area contributed by atoms with Crippen LogP contribution in [0, 0.1) is 0 Å². The first-order valence-corrected chi connectivity index (χ1v) is 7.39. The Balaban J connectivity index is 1.99. The third-order valence-corrected chi connectivity index (χ3v) is 3.68. The van der Waals surface area contributed by atoms with Crippen LogP contribution in [-0.2, 0) is 9.63 Å². The lowest BCUT2D eigenvalue weighted by atomic mass is 10.0. The molecule has 1 aliphatic rings. The third kappa shape index (κ3) is 3.85. The van der Waals surface area contributed by atoms with E-state index in [1.54, 1.807) is 11.0 Å². The van der Waals surface area contributed by atoms with E-state index >= 15 is 0 Å². The zero-order valence-corrected chi connectivity index (χ0v) is 12.8. The number of hydrogen-bond donors (Lipinski definition) is 0. The van der Waals surface area contributed by atoms with Crippen molar-refractivity contribution in [1.29, 1.82) is 0 Å². The molecule has 1 aliphatic heterocycles. The average molecular weight is 307 g/mol. The summed E-state index contributed by atoms with van der Waals surface area (Å²) in [5, 5.41) is 4.78. The lowest BCUT2D eigenvalue weighted by molar-refractivity contribution is -0.132. The van der Waals surface area contributed by atoms with Crippen LogP contribution in [0.3, 0.4) is 0 Å². The first kappa shape index (κ1) is 15.6. The van der Waals surface area contributed by atoms with Crippen molar-refractivity contribution in [3.8, 4) is 0 Å². The van der Waals surface area contributed by atoms with Crippen molar-refractivity contribution in [1.82, 2.24) is 4.90 Å². The molecule has 0 N–H and O–H groups in total. The number of oxime groups is 1. The van der Waals surface area contributed by atoms with E-state index in [2.05, 4.69) is 11.7 Å². The molecule has 0 aromatic heterocycles. The van der Waals surface area contributed by atoms with Gasteiger partial charge in [0.05, 0.1) is 12.3 Å². The van der Waals surface area contributed by atoms with Gasteiger partial charge in [0.1, 0.15) is 0 Å². The number of halogens is 1. The van der Waals surface area contributed by atoms with Gasteiger partial charge in [0.25, 0.3) is 0 Å². The maximum atomic E-state index is 11.9. The number of benzene rings is 1. The molecule has 4 nitrogen and oxygen atoms in total. The van der Waals surface area contributed by atoms with E-state index in [9.17, 15) is 4.79 Å². The lowest BCUT2D eigenvalue weighted by Crippen LogP contribution is -2.37. The zero-order valence-electron chi connectivity index (χ0n) is 12.1. The molecule has 0 bridgehead atoms. The van der Waals surface area contributed by atoms with Crippen molar-refractivity contribution in [2.45, 2.75) is 25.9 Å². The summed E-state index contributed by atoms with van der Waals surface area (Å²) in [6.07, 6.45) is 2.71. The molecule has 1 amide bonds. The average Bonchev–Trinajstić information content (AvgIpc) is 2.95. The molecule has 1 aromatic rings. The SMILES string of the molecule is C=CCN(C[C@@H]1CC(c2ccccc2Cl)=NO1)C(=O)CC. The van der Waals surface area contributed by atoms with E-state index in [-0.39, 0.29) is 12.0 Å². The summed E-state index contributed by atoms with van der Waals surface area (Å²) >= 11 is 6.17. The highest BCUT2D eigenvalue weighted by Gasteiger charge is 2.26. The first-order valence-electron chi connectivity index (χ1n) is 7.02. The fraction of sp³-hybridized carbons (Fsp3) is 0.375. The smallest absolute Gasteiger partial charge is 0.222 e. The predicted molar refractivity (Wildman–Crippen MR) is 84.5 cm³/mol. The van der Waals surface area contributed by atoms with Gasteiger partial charge in [-0.05, 0) is 6.07 Å². The maximum Gasteiger partial charge on any atom is 0.222 e. The largest absolute Gasteiger partial charge is 0.390 e. The highest BCUT2D eigenvalue weighted by molar-refractivity contribution is 6.34. The van der Waals surface area contributed by atoms with Gasteiger partial charge in [0.2, 0.25) is 5.91 Å². The molecule has 0 saturated heterocycles. The van der Waals surface area contributed by atoms with Crippen LogP contribution in [0.1, 0.15) is 25.3 Å². The first-order chi connectivity index (χ1) is 10.2. The third-order valence-electron chi connectivity index (χ3n) is 3.35. The molecule has 0 spiro atoms. The molecule has 0 saturated carbocycles. The summed E-state index contributed by atoms with van der Waals surface area (Å²) in [6.45, 7) is 6.56.